The van der Waals surface area contributed by atoms with E-state index in [-0.39, 0.29) is 23.0 Å². The topological polar surface area (TPSA) is 163 Å². The Morgan fingerprint density at radius 3 is 2.68 bits per heavy atom. The normalized spacial score (nSPS) is 28.6. The van der Waals surface area contributed by atoms with Gasteiger partial charge in [-0.3, -0.25) is 14.3 Å². The summed E-state index contributed by atoms with van der Waals surface area (Å²) in [5, 5.41) is 30.4. The Bertz CT molecular complexity index is 1150. The molecule has 2 saturated heterocycles. The molecule has 2 aliphatic heterocycles. The molecule has 2 fully saturated rings. The highest BCUT2D eigenvalue weighted by atomic mass is 16.6. The molecule has 0 saturated carbocycles. The summed E-state index contributed by atoms with van der Waals surface area (Å²) in [7, 11) is 0. The Labute approximate surface area is 176 Å². The average Bonchev–Trinajstić information content (AvgIpc) is 3.46. The van der Waals surface area contributed by atoms with Crippen LogP contribution in [0, 0.1) is 0 Å². The van der Waals surface area contributed by atoms with Crippen molar-refractivity contribution in [1.82, 2.24) is 19.5 Å². The number of nitrogen functional groups attached to an aromatic ring is 1. The zero-order chi connectivity index (χ0) is 21.7. The van der Waals surface area contributed by atoms with Gasteiger partial charge >= 0.3 is 0 Å². The molecule has 5 atom stereocenters. The second kappa shape index (κ2) is 7.61. The molecule has 31 heavy (non-hydrogen) atoms. The van der Waals surface area contributed by atoms with Gasteiger partial charge in [-0.05, 0) is 12.0 Å². The van der Waals surface area contributed by atoms with Gasteiger partial charge in [-0.25, -0.2) is 4.98 Å². The standard InChI is InChI=1S/C20H24N6O5/c21-19-23-16-13(17(30)24-19)22-20(26(16)18-15(29)14(28)12(9-27)31-18)25-7-6-11(8-25)10-4-2-1-3-5-10/h1-5,11-12,14-15,18,27-29H,6-9H2,(H3,21,23,24,30)/t11-,12+,14-,15-,18+/m1/s1. The van der Waals surface area contributed by atoms with Gasteiger partial charge in [0.05, 0.1) is 6.61 Å². The van der Waals surface area contributed by atoms with Crippen molar-refractivity contribution in [2.24, 2.45) is 0 Å². The van der Waals surface area contributed by atoms with E-state index in [4.69, 9.17) is 10.5 Å². The molecule has 0 aliphatic carbocycles. The van der Waals surface area contributed by atoms with Crippen LogP contribution in [0.2, 0.25) is 0 Å². The predicted octanol–water partition coefficient (Wildman–Crippen LogP) is -0.693. The number of imidazole rings is 1. The van der Waals surface area contributed by atoms with Crippen LogP contribution in [0.25, 0.3) is 11.2 Å². The summed E-state index contributed by atoms with van der Waals surface area (Å²) in [5.74, 6) is 0.573. The van der Waals surface area contributed by atoms with Crippen molar-refractivity contribution in [3.63, 3.8) is 0 Å². The molecule has 2 aliphatic rings. The Kier molecular flexibility index (Phi) is 4.89. The van der Waals surface area contributed by atoms with E-state index in [9.17, 15) is 20.1 Å². The molecule has 6 N–H and O–H groups in total. The van der Waals surface area contributed by atoms with Gasteiger partial charge in [0, 0.05) is 19.0 Å². The minimum atomic E-state index is -1.34. The summed E-state index contributed by atoms with van der Waals surface area (Å²) in [5.41, 5.74) is 6.66. The smallest absolute Gasteiger partial charge is 0.280 e. The summed E-state index contributed by atoms with van der Waals surface area (Å²) >= 11 is 0. The number of fused-ring (bicyclic) bond motifs is 1. The Morgan fingerprint density at radius 2 is 1.97 bits per heavy atom. The lowest BCUT2D eigenvalue weighted by molar-refractivity contribution is -0.0504. The molecule has 0 unspecified atom stereocenters. The van der Waals surface area contributed by atoms with Crippen molar-refractivity contribution >= 4 is 23.1 Å². The Morgan fingerprint density at radius 1 is 1.19 bits per heavy atom. The number of aliphatic hydroxyl groups is 3. The van der Waals surface area contributed by atoms with Crippen LogP contribution in [0.15, 0.2) is 35.1 Å². The molecular weight excluding hydrogens is 404 g/mol. The fraction of sp³-hybridized carbons (Fsp3) is 0.450. The van der Waals surface area contributed by atoms with E-state index in [2.05, 4.69) is 27.1 Å². The number of benzene rings is 1. The summed E-state index contributed by atoms with van der Waals surface area (Å²) in [4.78, 5) is 25.7. The first-order valence-corrected chi connectivity index (χ1v) is 10.2. The zero-order valence-electron chi connectivity index (χ0n) is 16.6. The summed E-state index contributed by atoms with van der Waals surface area (Å²) in [6, 6.07) is 10.1. The Hall–Kier alpha value is -2.99. The lowest BCUT2D eigenvalue weighted by Gasteiger charge is -2.24. The quantitative estimate of drug-likeness (QED) is 0.362. The number of hydrogen-bond acceptors (Lipinski definition) is 9. The highest BCUT2D eigenvalue weighted by molar-refractivity contribution is 5.75. The highest BCUT2D eigenvalue weighted by Gasteiger charge is 2.46. The number of H-pyrrole nitrogens is 1. The zero-order valence-corrected chi connectivity index (χ0v) is 16.6. The van der Waals surface area contributed by atoms with Crippen LogP contribution in [-0.2, 0) is 4.74 Å². The second-order valence-corrected chi connectivity index (χ2v) is 7.98. The van der Waals surface area contributed by atoms with Crippen LogP contribution in [0.4, 0.5) is 11.9 Å². The third-order valence-electron chi connectivity index (χ3n) is 6.06. The fourth-order valence-electron chi connectivity index (χ4n) is 4.48. The van der Waals surface area contributed by atoms with E-state index in [0.717, 1.165) is 6.42 Å². The van der Waals surface area contributed by atoms with Crippen LogP contribution in [0.1, 0.15) is 24.1 Å². The second-order valence-electron chi connectivity index (χ2n) is 7.98. The SMILES string of the molecule is Nc1nc2c(nc(N3CC[C@@H](c4ccccc4)C3)n2[C@H]2O[C@@H](CO)[C@@H](O)[C@H]2O)c(=O)[nH]1. The highest BCUT2D eigenvalue weighted by Crippen LogP contribution is 2.37. The number of nitrogens with zero attached hydrogens (tertiary/aromatic N) is 4. The van der Waals surface area contributed by atoms with Crippen molar-refractivity contribution in [1.29, 1.82) is 0 Å². The predicted molar refractivity (Wildman–Crippen MR) is 112 cm³/mol. The molecule has 1 aromatic carbocycles. The molecule has 2 aromatic heterocycles. The number of aromatic nitrogens is 4. The number of rotatable bonds is 4. The van der Waals surface area contributed by atoms with Crippen LogP contribution in [-0.4, -0.2) is 72.8 Å². The first kappa shape index (κ1) is 19.9. The van der Waals surface area contributed by atoms with E-state index < -0.39 is 36.7 Å². The Balaban J connectivity index is 1.59. The first-order chi connectivity index (χ1) is 15.0. The van der Waals surface area contributed by atoms with E-state index >= 15 is 0 Å². The van der Waals surface area contributed by atoms with Gasteiger partial charge in [0.25, 0.3) is 5.56 Å². The largest absolute Gasteiger partial charge is 0.394 e. The molecule has 3 aromatic rings. The van der Waals surface area contributed by atoms with Crippen LogP contribution in [0.5, 0.6) is 0 Å². The number of nitrogens with one attached hydrogen (secondary N) is 1. The van der Waals surface area contributed by atoms with Crippen molar-refractivity contribution in [3.05, 3.63) is 46.2 Å². The lowest BCUT2D eigenvalue weighted by atomic mass is 9.99. The lowest BCUT2D eigenvalue weighted by Crippen LogP contribution is -2.34. The van der Waals surface area contributed by atoms with E-state index in [1.54, 1.807) is 0 Å². The average molecular weight is 428 g/mol. The van der Waals surface area contributed by atoms with Gasteiger partial charge in [0.15, 0.2) is 17.4 Å². The van der Waals surface area contributed by atoms with Crippen molar-refractivity contribution in [3.8, 4) is 0 Å². The molecule has 4 heterocycles. The summed E-state index contributed by atoms with van der Waals surface area (Å²) in [6.07, 6.45) is -3.81. The summed E-state index contributed by atoms with van der Waals surface area (Å²) < 4.78 is 7.23. The molecular formula is C20H24N6O5. The maximum atomic E-state index is 12.5. The molecule has 11 heteroatoms. The number of ether oxygens (including phenoxy) is 1. The monoisotopic (exact) mass is 428 g/mol. The minimum absolute atomic E-state index is 0.0603. The van der Waals surface area contributed by atoms with Crippen molar-refractivity contribution in [2.45, 2.75) is 36.9 Å². The molecule has 164 valence electrons. The van der Waals surface area contributed by atoms with Gasteiger partial charge in [-0.1, -0.05) is 30.3 Å². The van der Waals surface area contributed by atoms with Gasteiger partial charge < -0.3 is 30.7 Å². The number of anilines is 2. The van der Waals surface area contributed by atoms with Gasteiger partial charge in [0.1, 0.15) is 18.3 Å². The third-order valence-corrected chi connectivity index (χ3v) is 6.06. The number of aromatic amines is 1. The minimum Gasteiger partial charge on any atom is -0.394 e. The van der Waals surface area contributed by atoms with Crippen molar-refractivity contribution in [2.75, 3.05) is 30.3 Å². The molecule has 11 nitrogen and oxygen atoms in total. The van der Waals surface area contributed by atoms with Crippen LogP contribution < -0.4 is 16.2 Å². The van der Waals surface area contributed by atoms with Crippen LogP contribution in [0.3, 0.4) is 0 Å². The number of nitrogens with two attached hydrogens (primary N) is 1. The summed E-state index contributed by atoms with van der Waals surface area (Å²) in [6.45, 7) is 0.854. The molecule has 0 spiro atoms. The van der Waals surface area contributed by atoms with E-state index in [1.165, 1.54) is 10.1 Å². The van der Waals surface area contributed by atoms with Crippen LogP contribution >= 0.6 is 0 Å². The van der Waals surface area contributed by atoms with E-state index in [0.29, 0.717) is 19.0 Å². The van der Waals surface area contributed by atoms with Gasteiger partial charge in [-0.15, -0.1) is 0 Å². The molecule has 0 bridgehead atoms. The van der Waals surface area contributed by atoms with Gasteiger partial charge in [-0.2, -0.15) is 4.98 Å². The maximum Gasteiger partial charge on any atom is 0.280 e. The fourth-order valence-corrected chi connectivity index (χ4v) is 4.48. The molecule has 0 amide bonds. The first-order valence-electron chi connectivity index (χ1n) is 10.2. The number of hydrogen-bond donors (Lipinski definition) is 5. The maximum absolute atomic E-state index is 12.5. The van der Waals surface area contributed by atoms with Gasteiger partial charge in [0.2, 0.25) is 11.9 Å². The van der Waals surface area contributed by atoms with Crippen molar-refractivity contribution < 1.29 is 20.1 Å². The number of aliphatic hydroxyl groups excluding tert-OH is 3. The van der Waals surface area contributed by atoms with E-state index in [1.807, 2.05) is 23.1 Å². The molecule has 0 radical (unpaired) electrons. The molecule has 5 rings (SSSR count). The third kappa shape index (κ3) is 3.26.